The van der Waals surface area contributed by atoms with Gasteiger partial charge in [-0.25, -0.2) is 4.98 Å². The smallest absolute Gasteiger partial charge is 0.230 e. The van der Waals surface area contributed by atoms with Crippen LogP contribution >= 0.6 is 11.8 Å². The molecule has 0 saturated heterocycles. The quantitative estimate of drug-likeness (QED) is 0.349. The second-order valence-corrected chi connectivity index (χ2v) is 8.88. The summed E-state index contributed by atoms with van der Waals surface area (Å²) in [5.74, 6) is 3.30. The van der Waals surface area contributed by atoms with Crippen LogP contribution in [0.4, 0.5) is 0 Å². The second kappa shape index (κ2) is 11.8. The number of thioether (sulfide) groups is 1. The molecule has 0 unspecified atom stereocenters. The van der Waals surface area contributed by atoms with Crippen LogP contribution in [0.2, 0.25) is 0 Å². The number of rotatable bonds is 11. The van der Waals surface area contributed by atoms with E-state index in [1.165, 1.54) is 11.8 Å². The first-order chi connectivity index (χ1) is 15.5. The Kier molecular flexibility index (Phi) is 8.80. The highest BCUT2D eigenvalue weighted by atomic mass is 32.2. The minimum Gasteiger partial charge on any atom is -0.494 e. The van der Waals surface area contributed by atoms with Crippen LogP contribution in [-0.2, 0) is 10.5 Å². The Hall–Kier alpha value is -2.73. The molecule has 0 spiro atoms. The van der Waals surface area contributed by atoms with Crippen molar-refractivity contribution in [2.45, 2.75) is 52.3 Å². The first-order valence-electron chi connectivity index (χ1n) is 11.1. The largest absolute Gasteiger partial charge is 0.494 e. The Morgan fingerprint density at radius 3 is 2.62 bits per heavy atom. The molecule has 0 radical (unpaired) electrons. The first kappa shape index (κ1) is 23.9. The zero-order chi connectivity index (χ0) is 22.9. The minimum atomic E-state index is -0.0609. The highest BCUT2D eigenvalue weighted by Gasteiger charge is 2.14. The van der Waals surface area contributed by atoms with Gasteiger partial charge >= 0.3 is 0 Å². The Bertz CT molecular complexity index is 1010. The molecule has 3 rings (SSSR count). The number of carbonyl (C=O) groups is 1. The van der Waals surface area contributed by atoms with Crippen molar-refractivity contribution in [3.63, 3.8) is 0 Å². The number of oxazole rings is 1. The van der Waals surface area contributed by atoms with E-state index in [-0.39, 0.29) is 11.9 Å². The molecule has 0 aliphatic heterocycles. The summed E-state index contributed by atoms with van der Waals surface area (Å²) in [6, 6.07) is 15.9. The van der Waals surface area contributed by atoms with Gasteiger partial charge in [0.25, 0.3) is 0 Å². The number of hydrogen-bond donors (Lipinski definition) is 1. The third-order valence-corrected chi connectivity index (χ3v) is 6.21. The van der Waals surface area contributed by atoms with E-state index in [2.05, 4.69) is 17.2 Å². The van der Waals surface area contributed by atoms with Gasteiger partial charge in [-0.15, -0.1) is 11.8 Å². The Labute approximate surface area is 195 Å². The van der Waals surface area contributed by atoms with Crippen molar-refractivity contribution in [2.24, 2.45) is 0 Å². The highest BCUT2D eigenvalue weighted by Crippen LogP contribution is 2.26. The maximum Gasteiger partial charge on any atom is 0.230 e. The predicted octanol–water partition coefficient (Wildman–Crippen LogP) is 6.25. The normalized spacial score (nSPS) is 11.9. The molecule has 3 aromatic rings. The van der Waals surface area contributed by atoms with E-state index in [1.54, 1.807) is 0 Å². The average Bonchev–Trinajstić information content (AvgIpc) is 3.15. The molecule has 1 aromatic heterocycles. The lowest BCUT2D eigenvalue weighted by molar-refractivity contribution is -0.119. The number of aryl methyl sites for hydroxylation is 2. The van der Waals surface area contributed by atoms with Crippen molar-refractivity contribution in [1.82, 2.24) is 10.3 Å². The summed E-state index contributed by atoms with van der Waals surface area (Å²) in [6.45, 7) is 8.83. The van der Waals surface area contributed by atoms with Gasteiger partial charge in [-0.2, -0.15) is 0 Å². The molecular formula is C26H32N2O3S. The highest BCUT2D eigenvalue weighted by molar-refractivity contribution is 7.99. The summed E-state index contributed by atoms with van der Waals surface area (Å²) in [7, 11) is 0. The Balaban J connectivity index is 1.46. The van der Waals surface area contributed by atoms with Gasteiger partial charge in [-0.05, 0) is 56.5 Å². The Morgan fingerprint density at radius 1 is 1.16 bits per heavy atom. The molecule has 0 saturated carbocycles. The van der Waals surface area contributed by atoms with Crippen molar-refractivity contribution in [3.8, 4) is 17.2 Å². The zero-order valence-corrected chi connectivity index (χ0v) is 20.1. The average molecular weight is 453 g/mol. The maximum atomic E-state index is 12.4. The SMILES string of the molecule is CCCCOc1ccc([C@@H](C)NC(=O)CSCc2nc(-c3ccccc3C)oc2C)cc1. The lowest BCUT2D eigenvalue weighted by Crippen LogP contribution is -2.28. The van der Waals surface area contributed by atoms with Gasteiger partial charge in [0.2, 0.25) is 11.8 Å². The molecule has 0 aliphatic carbocycles. The molecule has 1 N–H and O–H groups in total. The van der Waals surface area contributed by atoms with Gasteiger partial charge in [-0.1, -0.05) is 43.7 Å². The van der Waals surface area contributed by atoms with Crippen molar-refractivity contribution >= 4 is 17.7 Å². The molecule has 170 valence electrons. The molecule has 32 heavy (non-hydrogen) atoms. The van der Waals surface area contributed by atoms with Gasteiger partial charge in [-0.3, -0.25) is 4.79 Å². The number of unbranched alkanes of at least 4 members (excludes halogenated alkanes) is 1. The monoisotopic (exact) mass is 452 g/mol. The van der Waals surface area contributed by atoms with Crippen molar-refractivity contribution in [1.29, 1.82) is 0 Å². The van der Waals surface area contributed by atoms with E-state index in [0.29, 0.717) is 17.4 Å². The van der Waals surface area contributed by atoms with E-state index >= 15 is 0 Å². The standard InChI is InChI=1S/C26H32N2O3S/c1-5-6-15-30-22-13-11-21(12-14-22)19(3)27-25(29)17-32-16-24-20(4)31-26(28-24)23-10-8-7-9-18(23)2/h7-14,19H,5-6,15-17H2,1-4H3,(H,27,29)/t19-/m1/s1. The maximum absolute atomic E-state index is 12.4. The van der Waals surface area contributed by atoms with Crippen molar-refractivity contribution in [3.05, 3.63) is 71.1 Å². The third kappa shape index (κ3) is 6.63. The second-order valence-electron chi connectivity index (χ2n) is 7.89. The zero-order valence-electron chi connectivity index (χ0n) is 19.3. The molecule has 1 amide bonds. The van der Waals surface area contributed by atoms with Crippen molar-refractivity contribution in [2.75, 3.05) is 12.4 Å². The molecule has 1 heterocycles. The van der Waals surface area contributed by atoms with Crippen LogP contribution < -0.4 is 10.1 Å². The lowest BCUT2D eigenvalue weighted by Gasteiger charge is -2.15. The molecule has 5 nitrogen and oxygen atoms in total. The van der Waals surface area contributed by atoms with E-state index < -0.39 is 0 Å². The van der Waals surface area contributed by atoms with Crippen LogP contribution in [0.3, 0.4) is 0 Å². The number of amides is 1. The topological polar surface area (TPSA) is 64.4 Å². The van der Waals surface area contributed by atoms with Crippen LogP contribution in [0.1, 0.15) is 55.3 Å². The van der Waals surface area contributed by atoms with Crippen molar-refractivity contribution < 1.29 is 13.9 Å². The molecule has 0 bridgehead atoms. The van der Waals surface area contributed by atoms with Crippen LogP contribution in [0.25, 0.3) is 11.5 Å². The molecule has 2 aromatic carbocycles. The van der Waals surface area contributed by atoms with Gasteiger partial charge in [0, 0.05) is 11.3 Å². The van der Waals surface area contributed by atoms with Gasteiger partial charge in [0.15, 0.2) is 0 Å². The van der Waals surface area contributed by atoms with Crippen LogP contribution in [0, 0.1) is 13.8 Å². The van der Waals surface area contributed by atoms with Gasteiger partial charge < -0.3 is 14.5 Å². The Morgan fingerprint density at radius 2 is 1.91 bits per heavy atom. The van der Waals surface area contributed by atoms with E-state index in [9.17, 15) is 4.79 Å². The van der Waals surface area contributed by atoms with E-state index in [1.807, 2.05) is 69.3 Å². The number of hydrogen-bond acceptors (Lipinski definition) is 5. The number of aromatic nitrogens is 1. The van der Waals surface area contributed by atoms with Gasteiger partial charge in [0.1, 0.15) is 11.5 Å². The van der Waals surface area contributed by atoms with E-state index in [0.717, 1.165) is 53.3 Å². The summed E-state index contributed by atoms with van der Waals surface area (Å²) in [4.78, 5) is 17.1. The summed E-state index contributed by atoms with van der Waals surface area (Å²) in [5.41, 5.74) is 4.07. The number of carbonyl (C=O) groups excluding carboxylic acids is 1. The van der Waals surface area contributed by atoms with Crippen LogP contribution in [-0.4, -0.2) is 23.3 Å². The summed E-state index contributed by atoms with van der Waals surface area (Å²) in [6.07, 6.45) is 2.16. The molecular weight excluding hydrogens is 420 g/mol. The molecule has 0 fully saturated rings. The molecule has 6 heteroatoms. The lowest BCUT2D eigenvalue weighted by atomic mass is 10.1. The third-order valence-electron chi connectivity index (χ3n) is 5.26. The summed E-state index contributed by atoms with van der Waals surface area (Å²) in [5, 5.41) is 3.06. The minimum absolute atomic E-state index is 0.00560. The van der Waals surface area contributed by atoms with Crippen LogP contribution in [0.15, 0.2) is 52.9 Å². The summed E-state index contributed by atoms with van der Waals surface area (Å²) < 4.78 is 11.6. The molecule has 0 aliphatic rings. The fourth-order valence-electron chi connectivity index (χ4n) is 3.28. The first-order valence-corrected chi connectivity index (χ1v) is 12.3. The fourth-order valence-corrected chi connectivity index (χ4v) is 4.12. The number of benzene rings is 2. The number of nitrogens with one attached hydrogen (secondary N) is 1. The van der Waals surface area contributed by atoms with Crippen LogP contribution in [0.5, 0.6) is 5.75 Å². The van der Waals surface area contributed by atoms with E-state index in [4.69, 9.17) is 9.15 Å². The fraction of sp³-hybridized carbons (Fsp3) is 0.385. The van der Waals surface area contributed by atoms with Gasteiger partial charge in [0.05, 0.1) is 24.1 Å². The molecule has 1 atom stereocenters. The summed E-state index contributed by atoms with van der Waals surface area (Å²) >= 11 is 1.54. The number of ether oxygens (including phenoxy) is 1. The predicted molar refractivity (Wildman–Crippen MR) is 131 cm³/mol. The number of nitrogens with zero attached hydrogens (tertiary/aromatic N) is 1.